The lowest BCUT2D eigenvalue weighted by molar-refractivity contribution is -0.112. The summed E-state index contributed by atoms with van der Waals surface area (Å²) in [4.78, 5) is 25.9. The quantitative estimate of drug-likeness (QED) is 0.540. The second-order valence-corrected chi connectivity index (χ2v) is 6.34. The van der Waals surface area contributed by atoms with Crippen molar-refractivity contribution in [3.05, 3.63) is 64.5 Å². The van der Waals surface area contributed by atoms with E-state index in [9.17, 15) is 14.7 Å². The number of aliphatic hydroxyl groups is 1. The number of primary amides is 1. The number of amides is 3. The average molecular weight is 352 g/mol. The lowest BCUT2D eigenvalue weighted by Gasteiger charge is -2.11. The van der Waals surface area contributed by atoms with E-state index in [1.165, 1.54) is 11.3 Å². The van der Waals surface area contributed by atoms with Gasteiger partial charge in [0.2, 0.25) is 0 Å². The molecule has 0 aliphatic carbocycles. The number of carbonyl (C=O) groups excluding carboxylic acids is 2. The molecule has 3 aromatic rings. The van der Waals surface area contributed by atoms with Crippen molar-refractivity contribution < 1.29 is 19.1 Å². The molecule has 0 fully saturated rings. The van der Waals surface area contributed by atoms with Crippen molar-refractivity contribution in [2.24, 2.45) is 5.73 Å². The normalized spacial score (nSPS) is 15.4. The van der Waals surface area contributed by atoms with Crippen LogP contribution in [0.15, 0.2) is 58.5 Å². The van der Waals surface area contributed by atoms with Crippen LogP contribution in [0.2, 0.25) is 0 Å². The fraction of sp³-hybridized carbons (Fsp3) is 0. The van der Waals surface area contributed by atoms with Gasteiger partial charge < -0.3 is 15.3 Å². The molecule has 1 aliphatic heterocycles. The van der Waals surface area contributed by atoms with E-state index in [0.717, 1.165) is 10.5 Å². The molecular formula is C18H12N2O4S. The number of carbonyl (C=O) groups is 2. The van der Waals surface area contributed by atoms with E-state index in [1.807, 2.05) is 0 Å². The smallest absolute Gasteiger partial charge is 0.326 e. The van der Waals surface area contributed by atoms with Gasteiger partial charge in [0.05, 0.1) is 22.4 Å². The number of urea groups is 1. The van der Waals surface area contributed by atoms with E-state index in [0.29, 0.717) is 21.9 Å². The molecule has 6 nitrogen and oxygen atoms in total. The molecule has 4 rings (SSSR count). The maximum Gasteiger partial charge on any atom is 0.326 e. The molecule has 7 heteroatoms. The van der Waals surface area contributed by atoms with Gasteiger partial charge in [-0.15, -0.1) is 11.3 Å². The van der Waals surface area contributed by atoms with Gasteiger partial charge in [0, 0.05) is 11.1 Å². The van der Waals surface area contributed by atoms with Crippen LogP contribution in [0.5, 0.6) is 0 Å². The topological polar surface area (TPSA) is 96.8 Å². The van der Waals surface area contributed by atoms with Gasteiger partial charge in [-0.05, 0) is 41.8 Å². The Morgan fingerprint density at radius 2 is 2.04 bits per heavy atom. The van der Waals surface area contributed by atoms with E-state index >= 15 is 0 Å². The van der Waals surface area contributed by atoms with Gasteiger partial charge in [-0.25, -0.2) is 9.69 Å². The van der Waals surface area contributed by atoms with E-state index in [4.69, 9.17) is 10.2 Å². The monoisotopic (exact) mass is 352 g/mol. The van der Waals surface area contributed by atoms with Crippen LogP contribution in [-0.4, -0.2) is 17.0 Å². The minimum Gasteiger partial charge on any atom is -0.506 e. The highest BCUT2D eigenvalue weighted by Gasteiger charge is 2.38. The summed E-state index contributed by atoms with van der Waals surface area (Å²) in [6, 6.07) is 11.2. The first-order chi connectivity index (χ1) is 12.1. The summed E-state index contributed by atoms with van der Waals surface area (Å²) in [5.74, 6) is -0.214. The molecular weight excluding hydrogens is 340 g/mol. The lowest BCUT2D eigenvalue weighted by atomic mass is 10.0. The Morgan fingerprint density at radius 1 is 1.20 bits per heavy atom. The summed E-state index contributed by atoms with van der Waals surface area (Å²) in [6.07, 6.45) is 1.54. The molecule has 0 bridgehead atoms. The van der Waals surface area contributed by atoms with Gasteiger partial charge in [0.15, 0.2) is 0 Å². The molecule has 0 atom stereocenters. The maximum atomic E-state index is 12.7. The molecule has 0 unspecified atom stereocenters. The van der Waals surface area contributed by atoms with Crippen molar-refractivity contribution in [2.45, 2.75) is 0 Å². The summed E-state index contributed by atoms with van der Waals surface area (Å²) >= 11 is 1.29. The Kier molecular flexibility index (Phi) is 3.43. The van der Waals surface area contributed by atoms with Crippen molar-refractivity contribution in [3.8, 4) is 11.3 Å². The lowest BCUT2D eigenvalue weighted by Crippen LogP contribution is -2.37. The highest BCUT2D eigenvalue weighted by atomic mass is 32.1. The Morgan fingerprint density at radius 3 is 2.68 bits per heavy atom. The molecule has 25 heavy (non-hydrogen) atoms. The van der Waals surface area contributed by atoms with Crippen LogP contribution in [0.25, 0.3) is 22.7 Å². The average Bonchev–Trinajstić information content (AvgIpc) is 3.33. The number of nitrogens with two attached hydrogens (primary N) is 1. The molecule has 1 aliphatic rings. The van der Waals surface area contributed by atoms with Crippen LogP contribution in [0.4, 0.5) is 10.5 Å². The molecule has 3 amide bonds. The third kappa shape index (κ3) is 2.33. The number of hydrogen-bond donors (Lipinski definition) is 2. The zero-order chi connectivity index (χ0) is 17.6. The third-order valence-corrected chi connectivity index (χ3v) is 4.82. The molecule has 1 aromatic carbocycles. The number of nitrogens with zero attached hydrogens (tertiary/aromatic N) is 1. The molecule has 3 N–H and O–H groups in total. The minimum absolute atomic E-state index is 0.0460. The van der Waals surface area contributed by atoms with E-state index in [2.05, 4.69) is 0 Å². The number of fused-ring (bicyclic) bond motifs is 1. The Balaban J connectivity index is 1.96. The van der Waals surface area contributed by atoms with Crippen molar-refractivity contribution >= 4 is 40.3 Å². The van der Waals surface area contributed by atoms with Gasteiger partial charge in [-0.3, -0.25) is 4.79 Å². The largest absolute Gasteiger partial charge is 0.506 e. The SMILES string of the molecule is NC(=O)N1C(=O)C(=C(O)c2cccs2)c2cc(-c3ccco3)ccc21. The van der Waals surface area contributed by atoms with E-state index in [-0.39, 0.29) is 11.3 Å². The van der Waals surface area contributed by atoms with Crippen molar-refractivity contribution in [3.63, 3.8) is 0 Å². The predicted molar refractivity (Wildman–Crippen MR) is 95.0 cm³/mol. The minimum atomic E-state index is -0.897. The highest BCUT2D eigenvalue weighted by molar-refractivity contribution is 7.11. The summed E-state index contributed by atoms with van der Waals surface area (Å²) in [7, 11) is 0. The maximum absolute atomic E-state index is 12.7. The van der Waals surface area contributed by atoms with Gasteiger partial charge in [-0.2, -0.15) is 0 Å². The number of rotatable bonds is 2. The van der Waals surface area contributed by atoms with Gasteiger partial charge in [0.25, 0.3) is 5.91 Å². The Labute approximate surface area is 146 Å². The van der Waals surface area contributed by atoms with Crippen LogP contribution >= 0.6 is 11.3 Å². The summed E-state index contributed by atoms with van der Waals surface area (Å²) in [5, 5.41) is 12.4. The Hall–Kier alpha value is -3.32. The summed E-state index contributed by atoms with van der Waals surface area (Å²) < 4.78 is 5.38. The molecule has 2 aromatic heterocycles. The van der Waals surface area contributed by atoms with Crippen LogP contribution in [0.3, 0.4) is 0 Å². The molecule has 0 saturated heterocycles. The fourth-order valence-corrected chi connectivity index (χ4v) is 3.52. The number of benzene rings is 1. The number of furan rings is 1. The van der Waals surface area contributed by atoms with Crippen LogP contribution < -0.4 is 10.6 Å². The number of hydrogen-bond acceptors (Lipinski definition) is 5. The summed E-state index contributed by atoms with van der Waals surface area (Å²) in [5.41, 5.74) is 6.90. The van der Waals surface area contributed by atoms with Crippen molar-refractivity contribution in [1.29, 1.82) is 0 Å². The van der Waals surface area contributed by atoms with Gasteiger partial charge in [0.1, 0.15) is 11.5 Å². The zero-order valence-corrected chi connectivity index (χ0v) is 13.6. The zero-order valence-electron chi connectivity index (χ0n) is 12.8. The number of anilines is 1. The third-order valence-electron chi connectivity index (χ3n) is 3.94. The van der Waals surface area contributed by atoms with Gasteiger partial charge >= 0.3 is 6.03 Å². The number of imide groups is 1. The second-order valence-electron chi connectivity index (χ2n) is 5.39. The first kappa shape index (κ1) is 15.2. The Bertz CT molecular complexity index is 1000. The highest BCUT2D eigenvalue weighted by Crippen LogP contribution is 2.42. The number of thiophene rings is 1. The molecule has 0 spiro atoms. The number of aliphatic hydroxyl groups excluding tert-OH is 1. The van der Waals surface area contributed by atoms with Crippen LogP contribution in [0, 0.1) is 0 Å². The van der Waals surface area contributed by atoms with E-state index in [1.54, 1.807) is 54.1 Å². The first-order valence-electron chi connectivity index (χ1n) is 7.37. The van der Waals surface area contributed by atoms with E-state index < -0.39 is 11.9 Å². The second kappa shape index (κ2) is 5.64. The first-order valence-corrected chi connectivity index (χ1v) is 8.25. The summed E-state index contributed by atoms with van der Waals surface area (Å²) in [6.45, 7) is 0. The molecule has 124 valence electrons. The van der Waals surface area contributed by atoms with Crippen LogP contribution in [0.1, 0.15) is 10.4 Å². The molecule has 0 saturated carbocycles. The fourth-order valence-electron chi connectivity index (χ4n) is 2.85. The van der Waals surface area contributed by atoms with Crippen molar-refractivity contribution in [1.82, 2.24) is 0 Å². The molecule has 3 heterocycles. The standard InChI is InChI=1S/C18H12N2O4S/c19-18(23)20-12-6-5-10(13-3-1-7-24-13)9-11(12)15(17(20)22)16(21)14-4-2-8-25-14/h1-9,21H,(H2,19,23). The van der Waals surface area contributed by atoms with Crippen molar-refractivity contribution in [2.75, 3.05) is 4.90 Å². The van der Waals surface area contributed by atoms with Gasteiger partial charge in [-0.1, -0.05) is 6.07 Å². The van der Waals surface area contributed by atoms with Crippen LogP contribution in [-0.2, 0) is 4.79 Å². The molecule has 0 radical (unpaired) electrons. The predicted octanol–water partition coefficient (Wildman–Crippen LogP) is 3.86.